The molecule has 0 aliphatic carbocycles. The Balaban J connectivity index is 0.000000277. The number of pyridine rings is 1. The van der Waals surface area contributed by atoms with Gasteiger partial charge in [0.2, 0.25) is 0 Å². The maximum Gasteiger partial charge on any atom is 0.180 e. The van der Waals surface area contributed by atoms with E-state index in [0.717, 1.165) is 16.7 Å². The van der Waals surface area contributed by atoms with Crippen LogP contribution in [0.4, 0.5) is 0 Å². The minimum Gasteiger partial charge on any atom is -0.326 e. The summed E-state index contributed by atoms with van der Waals surface area (Å²) in [4.78, 5) is 15.7. The highest BCUT2D eigenvalue weighted by atomic mass is 79.9. The maximum absolute atomic E-state index is 12.1. The SMILES string of the molecule is NCc1ccncc1.O=C(c1ccccc1)C(Br)c1ccccc1.S=C=S. The average molecular weight is 459 g/mol. The molecular weight excluding hydrogens is 440 g/mol. The van der Waals surface area contributed by atoms with Gasteiger partial charge in [0.15, 0.2) is 5.78 Å². The van der Waals surface area contributed by atoms with Crippen molar-refractivity contribution in [2.45, 2.75) is 11.4 Å². The van der Waals surface area contributed by atoms with Gasteiger partial charge in [-0.05, 0) is 47.7 Å². The summed E-state index contributed by atoms with van der Waals surface area (Å²) in [6.45, 7) is 0.600. The van der Waals surface area contributed by atoms with Gasteiger partial charge in [-0.15, -0.1) is 0 Å². The summed E-state index contributed by atoms with van der Waals surface area (Å²) in [5.41, 5.74) is 8.16. The van der Waals surface area contributed by atoms with Crippen molar-refractivity contribution in [2.24, 2.45) is 5.73 Å². The highest BCUT2D eigenvalue weighted by Gasteiger charge is 2.17. The van der Waals surface area contributed by atoms with E-state index in [4.69, 9.17) is 5.73 Å². The van der Waals surface area contributed by atoms with Crippen LogP contribution in [-0.2, 0) is 6.54 Å². The zero-order valence-corrected chi connectivity index (χ0v) is 17.7. The molecule has 0 fully saturated rings. The van der Waals surface area contributed by atoms with Gasteiger partial charge >= 0.3 is 0 Å². The van der Waals surface area contributed by atoms with Gasteiger partial charge in [0.05, 0.1) is 0 Å². The van der Waals surface area contributed by atoms with E-state index in [2.05, 4.69) is 45.3 Å². The van der Waals surface area contributed by atoms with E-state index in [1.54, 1.807) is 12.4 Å². The molecule has 0 aliphatic heterocycles. The van der Waals surface area contributed by atoms with Crippen molar-refractivity contribution >= 4 is 50.5 Å². The number of hydrogen-bond donors (Lipinski definition) is 1. The Kier molecular flexibility index (Phi) is 11.9. The van der Waals surface area contributed by atoms with Gasteiger partial charge in [-0.25, -0.2) is 0 Å². The molecule has 3 nitrogen and oxygen atoms in total. The minimum absolute atomic E-state index is 0.0896. The lowest BCUT2D eigenvalue weighted by Gasteiger charge is -2.08. The Morgan fingerprint density at radius 1 is 0.963 bits per heavy atom. The van der Waals surface area contributed by atoms with Crippen LogP contribution in [0.1, 0.15) is 26.3 Å². The lowest BCUT2D eigenvalue weighted by Crippen LogP contribution is -2.06. The topological polar surface area (TPSA) is 56.0 Å². The molecule has 0 bridgehead atoms. The molecule has 0 saturated heterocycles. The second-order valence-electron chi connectivity index (χ2n) is 5.15. The van der Waals surface area contributed by atoms with Crippen molar-refractivity contribution in [2.75, 3.05) is 0 Å². The van der Waals surface area contributed by atoms with E-state index in [1.165, 1.54) is 0 Å². The number of halogens is 1. The molecule has 1 heterocycles. The average Bonchev–Trinajstić information content (AvgIpc) is 2.75. The highest BCUT2D eigenvalue weighted by molar-refractivity contribution is 9.09. The summed E-state index contributed by atoms with van der Waals surface area (Å²) in [5, 5.41) is 0. The first kappa shape index (κ1) is 23.0. The molecular formula is C21H19BrN2OS2. The van der Waals surface area contributed by atoms with Crippen LogP contribution < -0.4 is 5.73 Å². The number of aromatic nitrogens is 1. The lowest BCUT2D eigenvalue weighted by molar-refractivity contribution is 0.0991. The summed E-state index contributed by atoms with van der Waals surface area (Å²) in [5.74, 6) is 0.0896. The third-order valence-electron chi connectivity index (χ3n) is 3.37. The van der Waals surface area contributed by atoms with Crippen molar-refractivity contribution < 1.29 is 4.79 Å². The van der Waals surface area contributed by atoms with Crippen LogP contribution in [0.25, 0.3) is 0 Å². The Labute approximate surface area is 178 Å². The number of thiocarbonyl (C=S) groups is 2. The number of carbonyl (C=O) groups excluding carboxylic acids is 1. The first-order chi connectivity index (χ1) is 13.1. The van der Waals surface area contributed by atoms with Gasteiger partial charge in [-0.2, -0.15) is 0 Å². The molecule has 1 atom stereocenters. The van der Waals surface area contributed by atoms with E-state index in [0.29, 0.717) is 6.54 Å². The van der Waals surface area contributed by atoms with E-state index in [-0.39, 0.29) is 10.6 Å². The molecule has 1 unspecified atom stereocenters. The number of Topliss-reactive ketones (excluding diaryl/α,β-unsaturated/α-hetero) is 1. The summed E-state index contributed by atoms with van der Waals surface area (Å²) < 4.78 is 1.92. The number of nitrogens with two attached hydrogens (primary N) is 1. The molecule has 0 saturated carbocycles. The van der Waals surface area contributed by atoms with Gasteiger partial charge in [0.25, 0.3) is 0 Å². The predicted octanol–water partition coefficient (Wildman–Crippen LogP) is 5.56. The highest BCUT2D eigenvalue weighted by Crippen LogP contribution is 2.26. The van der Waals surface area contributed by atoms with Crippen LogP contribution in [0, 0.1) is 0 Å². The van der Waals surface area contributed by atoms with Gasteiger partial charge in [-0.3, -0.25) is 9.78 Å². The number of alkyl halides is 1. The normalized spacial score (nSPS) is 10.1. The Morgan fingerprint density at radius 3 is 1.89 bits per heavy atom. The molecule has 2 N–H and O–H groups in total. The van der Waals surface area contributed by atoms with Crippen LogP contribution in [0.5, 0.6) is 0 Å². The molecule has 27 heavy (non-hydrogen) atoms. The van der Waals surface area contributed by atoms with Crippen LogP contribution in [-0.4, -0.2) is 15.1 Å². The fourth-order valence-corrected chi connectivity index (χ4v) is 2.61. The molecule has 6 heteroatoms. The summed E-state index contributed by atoms with van der Waals surface area (Å²) >= 11 is 11.4. The van der Waals surface area contributed by atoms with Gasteiger partial charge < -0.3 is 5.73 Å². The molecule has 3 aromatic rings. The number of nitrogens with zero attached hydrogens (tertiary/aromatic N) is 1. The third-order valence-corrected chi connectivity index (χ3v) is 4.31. The van der Waals surface area contributed by atoms with Gasteiger partial charge in [0, 0.05) is 28.8 Å². The van der Waals surface area contributed by atoms with E-state index in [1.807, 2.05) is 77.1 Å². The monoisotopic (exact) mass is 458 g/mol. The summed E-state index contributed by atoms with van der Waals surface area (Å²) in [7, 11) is 0. The standard InChI is InChI=1S/C14H11BrO.C6H8N2.CS2/c15-13(11-7-3-1-4-8-11)14(16)12-9-5-2-6-10-12;7-5-6-1-3-8-4-2-6;2-1-3/h1-10,13H;1-4H,5,7H2;. The second kappa shape index (κ2) is 14.0. The molecule has 0 amide bonds. The summed E-state index contributed by atoms with van der Waals surface area (Å²) in [6.07, 6.45) is 3.48. The number of hydrogen-bond acceptors (Lipinski definition) is 5. The van der Waals surface area contributed by atoms with Crippen LogP contribution in [0.15, 0.2) is 85.2 Å². The van der Waals surface area contributed by atoms with Crippen molar-refractivity contribution in [3.63, 3.8) is 0 Å². The molecule has 0 aliphatic rings. The number of carbonyl (C=O) groups is 1. The minimum atomic E-state index is -0.268. The smallest absolute Gasteiger partial charge is 0.180 e. The zero-order valence-electron chi connectivity index (χ0n) is 14.5. The number of benzene rings is 2. The number of ketones is 1. The van der Waals surface area contributed by atoms with Crippen LogP contribution in [0.3, 0.4) is 0 Å². The fourth-order valence-electron chi connectivity index (χ4n) is 2.04. The van der Waals surface area contributed by atoms with E-state index < -0.39 is 0 Å². The lowest BCUT2D eigenvalue weighted by atomic mass is 10.0. The van der Waals surface area contributed by atoms with E-state index in [9.17, 15) is 4.79 Å². The fraction of sp³-hybridized carbons (Fsp3) is 0.0952. The van der Waals surface area contributed by atoms with Crippen LogP contribution in [0.2, 0.25) is 0 Å². The van der Waals surface area contributed by atoms with Crippen molar-refractivity contribution in [3.05, 3.63) is 102 Å². The third kappa shape index (κ3) is 8.91. The first-order valence-electron chi connectivity index (χ1n) is 8.00. The molecule has 0 radical (unpaired) electrons. The Bertz CT molecular complexity index is 825. The van der Waals surface area contributed by atoms with Crippen molar-refractivity contribution in [3.8, 4) is 0 Å². The summed E-state index contributed by atoms with van der Waals surface area (Å²) in [6, 6.07) is 22.8. The molecule has 3 rings (SSSR count). The predicted molar refractivity (Wildman–Crippen MR) is 121 cm³/mol. The second-order valence-corrected chi connectivity index (χ2v) is 6.73. The largest absolute Gasteiger partial charge is 0.326 e. The molecule has 138 valence electrons. The van der Waals surface area contributed by atoms with Gasteiger partial charge in [0.1, 0.15) is 4.83 Å². The van der Waals surface area contributed by atoms with Crippen LogP contribution >= 0.6 is 40.4 Å². The molecule has 0 spiro atoms. The van der Waals surface area contributed by atoms with E-state index >= 15 is 0 Å². The molecule has 2 aromatic carbocycles. The van der Waals surface area contributed by atoms with Crippen molar-refractivity contribution in [1.29, 1.82) is 0 Å². The van der Waals surface area contributed by atoms with Gasteiger partial charge in [-0.1, -0.05) is 76.6 Å². The van der Waals surface area contributed by atoms with Crippen molar-refractivity contribution in [1.82, 2.24) is 4.98 Å². The Hall–Kier alpha value is -2.08. The molecule has 1 aromatic heterocycles. The zero-order chi connectivity index (χ0) is 19.9. The quantitative estimate of drug-likeness (QED) is 0.314. The maximum atomic E-state index is 12.1. The first-order valence-corrected chi connectivity index (χ1v) is 9.73. The Morgan fingerprint density at radius 2 is 1.44 bits per heavy atom. The number of rotatable bonds is 4.